The third kappa shape index (κ3) is 5.45. The van der Waals surface area contributed by atoms with Gasteiger partial charge in [0.15, 0.2) is 0 Å². The number of aromatic nitrogens is 2. The molecule has 0 aliphatic carbocycles. The number of aryl methyl sites for hydroxylation is 1. The van der Waals surface area contributed by atoms with Crippen LogP contribution in [0.25, 0.3) is 11.0 Å². The topological polar surface area (TPSA) is 73.1 Å². The quantitative estimate of drug-likeness (QED) is 0.492. The van der Waals surface area contributed by atoms with E-state index in [1.165, 1.54) is 37.7 Å². The molecule has 33 heavy (non-hydrogen) atoms. The molecule has 5 rings (SSSR count). The summed E-state index contributed by atoms with van der Waals surface area (Å²) in [4.78, 5) is 23.4. The Morgan fingerprint density at radius 1 is 1.12 bits per heavy atom. The Bertz CT molecular complexity index is 1080. The molecule has 2 saturated heterocycles. The van der Waals surface area contributed by atoms with Gasteiger partial charge in [-0.2, -0.15) is 0 Å². The minimum absolute atomic E-state index is 0.0788. The SMILES string of the molecule is C[C@H]1CCCN1Cc1nc2ccc(NC(=O)c3ccc(CCC4CCNCC4)cc3)cc2[nH]1. The summed E-state index contributed by atoms with van der Waals surface area (Å²) in [7, 11) is 0. The molecule has 3 aromatic rings. The molecule has 0 saturated carbocycles. The summed E-state index contributed by atoms with van der Waals surface area (Å²) in [5.41, 5.74) is 4.68. The molecule has 1 aromatic heterocycles. The van der Waals surface area contributed by atoms with E-state index in [4.69, 9.17) is 4.98 Å². The average molecular weight is 446 g/mol. The van der Waals surface area contributed by atoms with Crippen molar-refractivity contribution in [1.82, 2.24) is 20.2 Å². The fourth-order valence-electron chi connectivity index (χ4n) is 5.20. The zero-order valence-electron chi connectivity index (χ0n) is 19.6. The number of anilines is 1. The number of carbonyl (C=O) groups excluding carboxylic acids is 1. The number of fused-ring (bicyclic) bond motifs is 1. The van der Waals surface area contributed by atoms with Crippen molar-refractivity contribution in [2.75, 3.05) is 25.0 Å². The second-order valence-electron chi connectivity index (χ2n) is 9.76. The maximum atomic E-state index is 12.8. The smallest absolute Gasteiger partial charge is 0.255 e. The van der Waals surface area contributed by atoms with Crippen LogP contribution >= 0.6 is 0 Å². The predicted octanol–water partition coefficient (Wildman–Crippen LogP) is 4.73. The van der Waals surface area contributed by atoms with E-state index in [0.29, 0.717) is 11.6 Å². The van der Waals surface area contributed by atoms with E-state index in [0.717, 1.165) is 61.1 Å². The van der Waals surface area contributed by atoms with E-state index < -0.39 is 0 Å². The van der Waals surface area contributed by atoms with Crippen LogP contribution in [0.5, 0.6) is 0 Å². The van der Waals surface area contributed by atoms with Crippen molar-refractivity contribution in [3.8, 4) is 0 Å². The summed E-state index contributed by atoms with van der Waals surface area (Å²) in [6.45, 7) is 6.56. The van der Waals surface area contributed by atoms with Crippen molar-refractivity contribution in [2.45, 2.75) is 58.0 Å². The van der Waals surface area contributed by atoms with Crippen molar-refractivity contribution in [1.29, 1.82) is 0 Å². The van der Waals surface area contributed by atoms with Crippen LogP contribution in [0.3, 0.4) is 0 Å². The van der Waals surface area contributed by atoms with E-state index >= 15 is 0 Å². The Labute approximate surface area is 196 Å². The van der Waals surface area contributed by atoms with Crippen molar-refractivity contribution < 1.29 is 4.79 Å². The molecular formula is C27H35N5O. The van der Waals surface area contributed by atoms with E-state index in [-0.39, 0.29) is 5.91 Å². The van der Waals surface area contributed by atoms with Gasteiger partial charge in [-0.15, -0.1) is 0 Å². The van der Waals surface area contributed by atoms with E-state index in [9.17, 15) is 4.79 Å². The van der Waals surface area contributed by atoms with Crippen LogP contribution < -0.4 is 10.6 Å². The Hall–Kier alpha value is -2.70. The summed E-state index contributed by atoms with van der Waals surface area (Å²) < 4.78 is 0. The molecule has 1 atom stereocenters. The normalized spacial score (nSPS) is 19.8. The number of amides is 1. The molecule has 2 aliphatic heterocycles. The maximum absolute atomic E-state index is 12.8. The van der Waals surface area contributed by atoms with Gasteiger partial charge in [-0.3, -0.25) is 9.69 Å². The zero-order chi connectivity index (χ0) is 22.6. The van der Waals surface area contributed by atoms with Gasteiger partial charge in [0.25, 0.3) is 5.91 Å². The molecule has 0 unspecified atom stereocenters. The lowest BCUT2D eigenvalue weighted by atomic mass is 9.91. The van der Waals surface area contributed by atoms with Crippen LogP contribution in [0.15, 0.2) is 42.5 Å². The van der Waals surface area contributed by atoms with Crippen molar-refractivity contribution >= 4 is 22.6 Å². The molecule has 0 radical (unpaired) electrons. The first-order valence-corrected chi connectivity index (χ1v) is 12.5. The van der Waals surface area contributed by atoms with Gasteiger partial charge in [-0.1, -0.05) is 12.1 Å². The first-order chi connectivity index (χ1) is 16.1. The Morgan fingerprint density at radius 3 is 2.70 bits per heavy atom. The average Bonchev–Trinajstić information content (AvgIpc) is 3.43. The largest absolute Gasteiger partial charge is 0.341 e. The van der Waals surface area contributed by atoms with E-state index in [1.54, 1.807) is 0 Å². The van der Waals surface area contributed by atoms with E-state index in [1.807, 2.05) is 30.3 Å². The Morgan fingerprint density at radius 2 is 1.94 bits per heavy atom. The third-order valence-corrected chi connectivity index (χ3v) is 7.35. The molecule has 2 fully saturated rings. The van der Waals surface area contributed by atoms with Crippen molar-refractivity contribution in [3.63, 3.8) is 0 Å². The van der Waals surface area contributed by atoms with Crippen molar-refractivity contribution in [3.05, 3.63) is 59.4 Å². The molecule has 0 spiro atoms. The first kappa shape index (κ1) is 22.1. The van der Waals surface area contributed by atoms with Crippen LogP contribution in [-0.2, 0) is 13.0 Å². The number of aromatic amines is 1. The van der Waals surface area contributed by atoms with Gasteiger partial charge in [0.1, 0.15) is 5.82 Å². The van der Waals surface area contributed by atoms with Gasteiger partial charge in [0, 0.05) is 17.3 Å². The molecule has 6 heteroatoms. The van der Waals surface area contributed by atoms with E-state index in [2.05, 4.69) is 39.6 Å². The minimum atomic E-state index is -0.0788. The molecule has 3 N–H and O–H groups in total. The van der Waals surface area contributed by atoms with Gasteiger partial charge in [-0.25, -0.2) is 4.98 Å². The second kappa shape index (κ2) is 10.1. The number of likely N-dealkylation sites (tertiary alicyclic amines) is 1. The lowest BCUT2D eigenvalue weighted by molar-refractivity contribution is 0.102. The number of hydrogen-bond acceptors (Lipinski definition) is 4. The number of hydrogen-bond donors (Lipinski definition) is 3. The highest BCUT2D eigenvalue weighted by molar-refractivity contribution is 6.05. The van der Waals surface area contributed by atoms with Gasteiger partial charge in [0.2, 0.25) is 0 Å². The first-order valence-electron chi connectivity index (χ1n) is 12.5. The predicted molar refractivity (Wildman–Crippen MR) is 134 cm³/mol. The van der Waals surface area contributed by atoms with Crippen LogP contribution in [0.2, 0.25) is 0 Å². The fourth-order valence-corrected chi connectivity index (χ4v) is 5.20. The minimum Gasteiger partial charge on any atom is -0.341 e. The number of H-pyrrole nitrogens is 1. The van der Waals surface area contributed by atoms with Crippen molar-refractivity contribution in [2.24, 2.45) is 5.92 Å². The van der Waals surface area contributed by atoms with Crippen LogP contribution in [0.1, 0.15) is 60.8 Å². The number of nitrogens with one attached hydrogen (secondary N) is 3. The number of carbonyl (C=O) groups is 1. The van der Waals surface area contributed by atoms with Gasteiger partial charge in [-0.05, 0) is 107 Å². The summed E-state index contributed by atoms with van der Waals surface area (Å²) in [5, 5.41) is 6.47. The molecule has 2 aliphatic rings. The highest BCUT2D eigenvalue weighted by Gasteiger charge is 2.21. The lowest BCUT2D eigenvalue weighted by Crippen LogP contribution is -2.27. The summed E-state index contributed by atoms with van der Waals surface area (Å²) in [5.74, 6) is 1.73. The highest BCUT2D eigenvalue weighted by Crippen LogP contribution is 2.23. The summed E-state index contributed by atoms with van der Waals surface area (Å²) in [6.07, 6.45) is 7.39. The van der Waals surface area contributed by atoms with Gasteiger partial charge >= 0.3 is 0 Å². The lowest BCUT2D eigenvalue weighted by Gasteiger charge is -2.22. The molecule has 6 nitrogen and oxygen atoms in total. The molecule has 1 amide bonds. The maximum Gasteiger partial charge on any atom is 0.255 e. The number of piperidine rings is 1. The number of nitrogens with zero attached hydrogens (tertiary/aromatic N) is 2. The Kier molecular flexibility index (Phi) is 6.74. The third-order valence-electron chi connectivity index (χ3n) is 7.35. The summed E-state index contributed by atoms with van der Waals surface area (Å²) >= 11 is 0. The monoisotopic (exact) mass is 445 g/mol. The zero-order valence-corrected chi connectivity index (χ0v) is 19.6. The molecule has 3 heterocycles. The molecule has 2 aromatic carbocycles. The van der Waals surface area contributed by atoms with Crippen LogP contribution in [0.4, 0.5) is 5.69 Å². The Balaban J connectivity index is 1.18. The fraction of sp³-hybridized carbons (Fsp3) is 0.481. The van der Waals surface area contributed by atoms with Gasteiger partial charge in [0.05, 0.1) is 17.6 Å². The standard InChI is InChI=1S/C27H35N5O/c1-19-3-2-16-32(19)18-26-30-24-11-10-23(17-25(24)31-26)29-27(33)22-8-6-20(7-9-22)4-5-21-12-14-28-15-13-21/h6-11,17,19,21,28H,2-5,12-16,18H2,1H3,(H,29,33)(H,30,31)/t19-/m0/s1. The molecule has 174 valence electrons. The van der Waals surface area contributed by atoms with Gasteiger partial charge < -0.3 is 15.6 Å². The molecule has 0 bridgehead atoms. The highest BCUT2D eigenvalue weighted by atomic mass is 16.1. The van der Waals surface area contributed by atoms with Crippen LogP contribution in [0, 0.1) is 5.92 Å². The number of benzene rings is 2. The number of rotatable bonds is 7. The second-order valence-corrected chi connectivity index (χ2v) is 9.76. The molecular weight excluding hydrogens is 410 g/mol. The summed E-state index contributed by atoms with van der Waals surface area (Å²) in [6, 6.07) is 14.6. The van der Waals surface area contributed by atoms with Crippen LogP contribution in [-0.4, -0.2) is 46.5 Å². The number of imidazole rings is 1.